The van der Waals surface area contributed by atoms with E-state index in [0.29, 0.717) is 35.4 Å². The topological polar surface area (TPSA) is 118 Å². The number of benzene rings is 1. The van der Waals surface area contributed by atoms with E-state index in [1.165, 1.54) is 0 Å². The van der Waals surface area contributed by atoms with E-state index in [-0.39, 0.29) is 5.75 Å². The zero-order valence-corrected chi connectivity index (χ0v) is 17.7. The summed E-state index contributed by atoms with van der Waals surface area (Å²) in [7, 11) is 0. The fourth-order valence-electron chi connectivity index (χ4n) is 3.87. The second-order valence-electron chi connectivity index (χ2n) is 7.45. The summed E-state index contributed by atoms with van der Waals surface area (Å²) in [5.41, 5.74) is 9.24. The monoisotopic (exact) mass is 432 g/mol. The number of pyridine rings is 1. The molecule has 1 aromatic carbocycles. The van der Waals surface area contributed by atoms with E-state index >= 15 is 0 Å². The van der Waals surface area contributed by atoms with Crippen LogP contribution >= 0.6 is 0 Å². The first-order valence-corrected chi connectivity index (χ1v) is 10.5. The van der Waals surface area contributed by atoms with Crippen molar-refractivity contribution in [1.82, 2.24) is 24.5 Å². The molecular weight excluding hydrogens is 408 g/mol. The third-order valence-electron chi connectivity index (χ3n) is 5.48. The van der Waals surface area contributed by atoms with Gasteiger partial charge in [0.05, 0.1) is 6.61 Å². The number of ether oxygens (including phenoxy) is 1. The van der Waals surface area contributed by atoms with Crippen LogP contribution in [0.25, 0.3) is 16.9 Å². The number of nitrogen functional groups attached to an aromatic ring is 1. The highest BCUT2D eigenvalue weighted by Gasteiger charge is 2.22. The molecule has 1 saturated heterocycles. The number of nitrogens with zero attached hydrogens (tertiary/aromatic N) is 7. The van der Waals surface area contributed by atoms with Crippen LogP contribution in [0.3, 0.4) is 0 Å². The molecular formula is C22H24N8O2. The van der Waals surface area contributed by atoms with Gasteiger partial charge in [-0.15, -0.1) is 0 Å². The highest BCUT2D eigenvalue weighted by atomic mass is 16.5. The molecule has 1 aliphatic heterocycles. The van der Waals surface area contributed by atoms with Crippen molar-refractivity contribution in [3.05, 3.63) is 48.9 Å². The lowest BCUT2D eigenvalue weighted by Crippen LogP contribution is -2.47. The maximum Gasteiger partial charge on any atom is 0.238 e. The predicted molar refractivity (Wildman–Crippen MR) is 123 cm³/mol. The maximum atomic E-state index is 9.52. The van der Waals surface area contributed by atoms with Gasteiger partial charge in [0, 0.05) is 38.1 Å². The SMILES string of the molecule is CCOc1ncccc1-n1cnc2c(N)nc(N3CCN(c4ccc(O)cc4)CC3)nc21. The summed E-state index contributed by atoms with van der Waals surface area (Å²) in [5, 5.41) is 9.52. The highest BCUT2D eigenvalue weighted by molar-refractivity contribution is 5.84. The van der Waals surface area contributed by atoms with Crippen LogP contribution in [-0.2, 0) is 0 Å². The third-order valence-corrected chi connectivity index (χ3v) is 5.48. The maximum absolute atomic E-state index is 9.52. The molecule has 0 unspecified atom stereocenters. The van der Waals surface area contributed by atoms with E-state index in [9.17, 15) is 5.11 Å². The lowest BCUT2D eigenvalue weighted by atomic mass is 10.2. The number of aromatic hydroxyl groups is 1. The molecule has 0 atom stereocenters. The van der Waals surface area contributed by atoms with Gasteiger partial charge in [0.15, 0.2) is 17.0 Å². The summed E-state index contributed by atoms with van der Waals surface area (Å²) >= 11 is 0. The van der Waals surface area contributed by atoms with Gasteiger partial charge in [0.25, 0.3) is 0 Å². The fourth-order valence-corrected chi connectivity index (χ4v) is 3.87. The zero-order chi connectivity index (χ0) is 22.1. The Kier molecular flexibility index (Phi) is 5.10. The molecule has 0 spiro atoms. The van der Waals surface area contributed by atoms with Gasteiger partial charge in [-0.25, -0.2) is 9.97 Å². The first kappa shape index (κ1) is 19.9. The Morgan fingerprint density at radius 3 is 2.50 bits per heavy atom. The van der Waals surface area contributed by atoms with Gasteiger partial charge in [-0.1, -0.05) is 0 Å². The standard InChI is InChI=1S/C22H24N8O2/c1-2-32-21-17(4-3-9-24-21)30-14-25-18-19(23)26-22(27-20(18)30)29-12-10-28(11-13-29)15-5-7-16(31)8-6-15/h3-9,14,31H,2,10-13H2,1H3,(H2,23,26,27). The molecule has 10 heteroatoms. The number of phenolic OH excluding ortho intramolecular Hbond substituents is 1. The Balaban J connectivity index is 1.44. The molecule has 4 aromatic rings. The number of imidazole rings is 1. The smallest absolute Gasteiger partial charge is 0.238 e. The number of hydrogen-bond acceptors (Lipinski definition) is 9. The predicted octanol–water partition coefficient (Wildman–Crippen LogP) is 2.22. The minimum atomic E-state index is 0.266. The number of piperazine rings is 1. The number of phenols is 1. The van der Waals surface area contributed by atoms with Crippen molar-refractivity contribution in [1.29, 1.82) is 0 Å². The van der Waals surface area contributed by atoms with E-state index in [0.717, 1.165) is 37.6 Å². The largest absolute Gasteiger partial charge is 0.508 e. The summed E-state index contributed by atoms with van der Waals surface area (Å²) in [4.78, 5) is 22.5. The van der Waals surface area contributed by atoms with Crippen LogP contribution in [0.4, 0.5) is 17.5 Å². The molecule has 3 aromatic heterocycles. The Morgan fingerprint density at radius 1 is 1.00 bits per heavy atom. The Hall–Kier alpha value is -4.08. The van der Waals surface area contributed by atoms with Gasteiger partial charge >= 0.3 is 0 Å². The first-order valence-electron chi connectivity index (χ1n) is 10.5. The highest BCUT2D eigenvalue weighted by Crippen LogP contribution is 2.28. The molecule has 1 aliphatic rings. The van der Waals surface area contributed by atoms with Crippen molar-refractivity contribution in [2.24, 2.45) is 0 Å². The lowest BCUT2D eigenvalue weighted by Gasteiger charge is -2.36. The van der Waals surface area contributed by atoms with Crippen LogP contribution in [-0.4, -0.2) is 62.4 Å². The molecule has 164 valence electrons. The van der Waals surface area contributed by atoms with E-state index in [1.807, 2.05) is 35.8 Å². The van der Waals surface area contributed by atoms with Crippen molar-refractivity contribution in [3.63, 3.8) is 0 Å². The minimum absolute atomic E-state index is 0.266. The van der Waals surface area contributed by atoms with Crippen LogP contribution in [0, 0.1) is 0 Å². The lowest BCUT2D eigenvalue weighted by molar-refractivity contribution is 0.326. The average molecular weight is 432 g/mol. The zero-order valence-electron chi connectivity index (χ0n) is 17.7. The van der Waals surface area contributed by atoms with Crippen LogP contribution in [0.15, 0.2) is 48.9 Å². The van der Waals surface area contributed by atoms with Crippen molar-refractivity contribution >= 4 is 28.6 Å². The molecule has 3 N–H and O–H groups in total. The summed E-state index contributed by atoms with van der Waals surface area (Å²) in [5.74, 6) is 1.69. The molecule has 0 bridgehead atoms. The second kappa shape index (κ2) is 8.22. The molecule has 0 amide bonds. The summed E-state index contributed by atoms with van der Waals surface area (Å²) in [6.07, 6.45) is 3.36. The summed E-state index contributed by atoms with van der Waals surface area (Å²) in [6.45, 7) is 5.53. The quantitative estimate of drug-likeness (QED) is 0.489. The molecule has 0 saturated carbocycles. The number of anilines is 3. The summed E-state index contributed by atoms with van der Waals surface area (Å²) in [6, 6.07) is 11.0. The summed E-state index contributed by atoms with van der Waals surface area (Å²) < 4.78 is 7.52. The minimum Gasteiger partial charge on any atom is -0.508 e. The van der Waals surface area contributed by atoms with E-state index in [4.69, 9.17) is 15.5 Å². The van der Waals surface area contributed by atoms with E-state index < -0.39 is 0 Å². The number of aromatic nitrogens is 5. The molecule has 4 heterocycles. The average Bonchev–Trinajstić information content (AvgIpc) is 3.25. The number of nitrogens with two attached hydrogens (primary N) is 1. The van der Waals surface area contributed by atoms with Gasteiger partial charge < -0.3 is 25.4 Å². The van der Waals surface area contributed by atoms with Gasteiger partial charge in [-0.3, -0.25) is 4.57 Å². The second-order valence-corrected chi connectivity index (χ2v) is 7.45. The molecule has 0 radical (unpaired) electrons. The number of fused-ring (bicyclic) bond motifs is 1. The van der Waals surface area contributed by atoms with Crippen LogP contribution in [0.5, 0.6) is 11.6 Å². The molecule has 5 rings (SSSR count). The van der Waals surface area contributed by atoms with Gasteiger partial charge in [-0.05, 0) is 43.3 Å². The Labute approximate surface area is 184 Å². The Morgan fingerprint density at radius 2 is 1.75 bits per heavy atom. The molecule has 10 nitrogen and oxygen atoms in total. The van der Waals surface area contributed by atoms with Crippen molar-refractivity contribution in [2.45, 2.75) is 6.92 Å². The molecule has 32 heavy (non-hydrogen) atoms. The van der Waals surface area contributed by atoms with Crippen molar-refractivity contribution in [3.8, 4) is 17.3 Å². The molecule has 0 aliphatic carbocycles. The van der Waals surface area contributed by atoms with Gasteiger partial charge in [0.1, 0.15) is 17.8 Å². The van der Waals surface area contributed by atoms with Crippen molar-refractivity contribution < 1.29 is 9.84 Å². The first-order chi connectivity index (χ1) is 15.6. The molecule has 1 fully saturated rings. The normalized spacial score (nSPS) is 14.2. The fraction of sp³-hybridized carbons (Fsp3) is 0.273. The van der Waals surface area contributed by atoms with E-state index in [1.54, 1.807) is 24.7 Å². The number of rotatable bonds is 5. The van der Waals surface area contributed by atoms with Crippen LogP contribution < -0.4 is 20.3 Å². The van der Waals surface area contributed by atoms with E-state index in [2.05, 4.69) is 24.8 Å². The third kappa shape index (κ3) is 3.59. The van der Waals surface area contributed by atoms with Gasteiger partial charge in [0.2, 0.25) is 11.8 Å². The number of hydrogen-bond donors (Lipinski definition) is 2. The van der Waals surface area contributed by atoms with Crippen LogP contribution in [0.2, 0.25) is 0 Å². The van der Waals surface area contributed by atoms with Crippen LogP contribution in [0.1, 0.15) is 6.92 Å². The van der Waals surface area contributed by atoms with Gasteiger partial charge in [-0.2, -0.15) is 9.97 Å². The van der Waals surface area contributed by atoms with Crippen molar-refractivity contribution in [2.75, 3.05) is 48.3 Å². The Bertz CT molecular complexity index is 1230.